The summed E-state index contributed by atoms with van der Waals surface area (Å²) < 4.78 is 1.48. The topological polar surface area (TPSA) is 131 Å². The summed E-state index contributed by atoms with van der Waals surface area (Å²) in [6.45, 7) is 1.57. The van der Waals surface area contributed by atoms with Crippen LogP contribution in [-0.4, -0.2) is 59.6 Å². The number of aromatic nitrogens is 3. The summed E-state index contributed by atoms with van der Waals surface area (Å²) in [5.41, 5.74) is 6.18. The van der Waals surface area contributed by atoms with Crippen LogP contribution in [0.5, 0.6) is 0 Å². The van der Waals surface area contributed by atoms with E-state index in [0.29, 0.717) is 27.9 Å². The highest BCUT2D eigenvalue weighted by Gasteiger charge is 2.51. The second-order valence-electron chi connectivity index (χ2n) is 5.39. The van der Waals surface area contributed by atoms with Crippen LogP contribution in [0, 0.1) is 6.92 Å². The number of β-lactam (4-membered cyclic amide) rings is 1. The minimum atomic E-state index is -1.15. The van der Waals surface area contributed by atoms with Crippen molar-refractivity contribution in [3.05, 3.63) is 27.3 Å². The smallest absolute Gasteiger partial charge is 0.352 e. The van der Waals surface area contributed by atoms with Crippen molar-refractivity contribution in [2.45, 2.75) is 23.5 Å². The van der Waals surface area contributed by atoms with E-state index in [0.717, 1.165) is 0 Å². The Bertz CT molecular complexity index is 821. The lowest BCUT2D eigenvalue weighted by Gasteiger charge is -2.48. The lowest BCUT2D eigenvalue weighted by Crippen LogP contribution is -2.68. The maximum absolute atomic E-state index is 11.9. The minimum absolute atomic E-state index is 0.0111. The van der Waals surface area contributed by atoms with Gasteiger partial charge >= 0.3 is 5.97 Å². The number of carboxylic acids is 1. The maximum Gasteiger partial charge on any atom is 0.352 e. The Morgan fingerprint density at radius 3 is 2.88 bits per heavy atom. The standard InChI is InChI=1S/C13H15N5O4S2/c1-5-9(19)15-13(17(2)16-5)24-4-6-3-23-11-7(14)10(20)18(11)8(6)12(21)22/h7,11H,3-4,14H2,1-2H3,(H,21,22)/t7-,11-/m1/s1. The van der Waals surface area contributed by atoms with E-state index in [1.807, 2.05) is 0 Å². The minimum Gasteiger partial charge on any atom is -0.477 e. The summed E-state index contributed by atoms with van der Waals surface area (Å²) in [5.74, 6) is -0.773. The van der Waals surface area contributed by atoms with Crippen molar-refractivity contribution in [2.24, 2.45) is 12.8 Å². The molecule has 0 spiro atoms. The predicted molar refractivity (Wildman–Crippen MR) is 88.5 cm³/mol. The molecule has 1 fully saturated rings. The Balaban J connectivity index is 1.86. The number of carbonyl (C=O) groups is 2. The zero-order valence-electron chi connectivity index (χ0n) is 12.9. The number of nitrogens with zero attached hydrogens (tertiary/aromatic N) is 4. The van der Waals surface area contributed by atoms with Crippen LogP contribution in [0.3, 0.4) is 0 Å². The number of hydrogen-bond donors (Lipinski definition) is 2. The Kier molecular flexibility index (Phi) is 4.40. The van der Waals surface area contributed by atoms with Crippen LogP contribution in [0.2, 0.25) is 0 Å². The van der Waals surface area contributed by atoms with Crippen LogP contribution in [0.1, 0.15) is 5.69 Å². The van der Waals surface area contributed by atoms with Crippen molar-refractivity contribution in [1.82, 2.24) is 19.7 Å². The van der Waals surface area contributed by atoms with Crippen LogP contribution in [0.4, 0.5) is 0 Å². The number of nitrogens with two attached hydrogens (primary N) is 1. The highest BCUT2D eigenvalue weighted by molar-refractivity contribution is 8.01. The molecule has 0 saturated carbocycles. The van der Waals surface area contributed by atoms with Crippen LogP contribution < -0.4 is 11.3 Å². The van der Waals surface area contributed by atoms with Crippen molar-refractivity contribution < 1.29 is 14.7 Å². The van der Waals surface area contributed by atoms with E-state index < -0.39 is 17.6 Å². The lowest BCUT2D eigenvalue weighted by molar-refractivity contribution is -0.147. The molecule has 9 nitrogen and oxygen atoms in total. The molecule has 11 heteroatoms. The average molecular weight is 369 g/mol. The van der Waals surface area contributed by atoms with Crippen molar-refractivity contribution in [1.29, 1.82) is 0 Å². The molecular weight excluding hydrogens is 354 g/mol. The van der Waals surface area contributed by atoms with Gasteiger partial charge in [0.25, 0.3) is 5.56 Å². The largest absolute Gasteiger partial charge is 0.477 e. The first-order valence-corrected chi connectivity index (χ1v) is 9.05. The SMILES string of the molecule is Cc1nn(C)c(SCC2=C(C(=O)O)N3C(=O)[C@@H](N)[C@H]3SC2)nc1=O. The van der Waals surface area contributed by atoms with Gasteiger partial charge in [-0.1, -0.05) is 11.8 Å². The fourth-order valence-electron chi connectivity index (χ4n) is 2.52. The molecule has 3 rings (SSSR count). The predicted octanol–water partition coefficient (Wildman–Crippen LogP) is -0.843. The molecule has 1 amide bonds. The zero-order chi connectivity index (χ0) is 17.6. The van der Waals surface area contributed by atoms with Gasteiger partial charge in [-0.15, -0.1) is 11.8 Å². The number of carboxylic acid groups (broad SMARTS) is 1. The lowest BCUT2D eigenvalue weighted by atomic mass is 10.0. The van der Waals surface area contributed by atoms with E-state index in [1.165, 1.54) is 33.1 Å². The number of aliphatic carboxylic acids is 1. The van der Waals surface area contributed by atoms with Crippen LogP contribution in [0.15, 0.2) is 21.2 Å². The van der Waals surface area contributed by atoms with Crippen molar-refractivity contribution in [2.75, 3.05) is 11.5 Å². The Labute approximate surface area is 145 Å². The van der Waals surface area contributed by atoms with Gasteiger partial charge in [0.05, 0.1) is 0 Å². The highest BCUT2D eigenvalue weighted by Crippen LogP contribution is 2.40. The Hall–Kier alpha value is -1.85. The van der Waals surface area contributed by atoms with Gasteiger partial charge in [-0.2, -0.15) is 10.1 Å². The van der Waals surface area contributed by atoms with Crippen LogP contribution in [0.25, 0.3) is 0 Å². The van der Waals surface area contributed by atoms with Gasteiger partial charge in [-0.25, -0.2) is 9.48 Å². The van der Waals surface area contributed by atoms with Crippen LogP contribution in [-0.2, 0) is 16.6 Å². The molecule has 1 aromatic rings. The van der Waals surface area contributed by atoms with E-state index in [2.05, 4.69) is 10.1 Å². The third kappa shape index (κ3) is 2.72. The van der Waals surface area contributed by atoms with E-state index in [4.69, 9.17) is 5.73 Å². The monoisotopic (exact) mass is 369 g/mol. The summed E-state index contributed by atoms with van der Waals surface area (Å²) in [5, 5.41) is 13.6. The number of amides is 1. The molecular formula is C13H15N5O4S2. The number of aryl methyl sites for hydroxylation is 2. The molecule has 3 heterocycles. The Morgan fingerprint density at radius 1 is 1.50 bits per heavy atom. The molecule has 2 atom stereocenters. The second-order valence-corrected chi connectivity index (χ2v) is 7.44. The highest BCUT2D eigenvalue weighted by atomic mass is 32.2. The first kappa shape index (κ1) is 17.0. The van der Waals surface area contributed by atoms with Gasteiger partial charge in [-0.3, -0.25) is 14.5 Å². The summed E-state index contributed by atoms with van der Waals surface area (Å²) in [6.07, 6.45) is 0. The molecule has 1 aromatic heterocycles. The third-order valence-corrected chi connectivity index (χ3v) is 6.22. The van der Waals surface area contributed by atoms with E-state index in [9.17, 15) is 19.5 Å². The molecule has 0 aromatic carbocycles. The zero-order valence-corrected chi connectivity index (χ0v) is 14.6. The van der Waals surface area contributed by atoms with Gasteiger partial charge < -0.3 is 10.8 Å². The number of thioether (sulfide) groups is 2. The maximum atomic E-state index is 11.9. The average Bonchev–Trinajstić information content (AvgIpc) is 2.55. The van der Waals surface area contributed by atoms with Crippen molar-refractivity contribution in [3.63, 3.8) is 0 Å². The van der Waals surface area contributed by atoms with Gasteiger partial charge in [0.2, 0.25) is 5.91 Å². The number of carbonyl (C=O) groups excluding carboxylic acids is 1. The number of rotatable bonds is 4. The normalized spacial score (nSPS) is 23.1. The fraction of sp³-hybridized carbons (Fsp3) is 0.462. The second kappa shape index (κ2) is 6.22. The van der Waals surface area contributed by atoms with Crippen molar-refractivity contribution >= 4 is 35.4 Å². The molecule has 24 heavy (non-hydrogen) atoms. The summed E-state index contributed by atoms with van der Waals surface area (Å²) >= 11 is 2.65. The van der Waals surface area contributed by atoms with Gasteiger partial charge in [0.15, 0.2) is 5.16 Å². The summed E-state index contributed by atoms with van der Waals surface area (Å²) in [6, 6.07) is -0.651. The Morgan fingerprint density at radius 2 is 2.21 bits per heavy atom. The fourth-order valence-corrected chi connectivity index (χ4v) is 4.86. The molecule has 0 unspecified atom stereocenters. The van der Waals surface area contributed by atoms with Crippen molar-refractivity contribution in [3.8, 4) is 0 Å². The third-order valence-electron chi connectivity index (χ3n) is 3.75. The van der Waals surface area contributed by atoms with Gasteiger partial charge in [0, 0.05) is 18.6 Å². The quantitative estimate of drug-likeness (QED) is 0.515. The molecule has 1 saturated heterocycles. The van der Waals surface area contributed by atoms with E-state index in [-0.39, 0.29) is 17.0 Å². The van der Waals surface area contributed by atoms with E-state index >= 15 is 0 Å². The van der Waals surface area contributed by atoms with Gasteiger partial charge in [0.1, 0.15) is 22.8 Å². The molecule has 128 valence electrons. The molecule has 0 radical (unpaired) electrons. The van der Waals surface area contributed by atoms with E-state index in [1.54, 1.807) is 14.0 Å². The summed E-state index contributed by atoms with van der Waals surface area (Å²) in [4.78, 5) is 40.3. The molecule has 2 aliphatic heterocycles. The molecule has 0 aliphatic carbocycles. The molecule has 2 aliphatic rings. The summed E-state index contributed by atoms with van der Waals surface area (Å²) in [7, 11) is 1.66. The molecule has 0 bridgehead atoms. The molecule has 3 N–H and O–H groups in total. The first-order chi connectivity index (χ1) is 11.3. The van der Waals surface area contributed by atoms with Gasteiger partial charge in [-0.05, 0) is 12.5 Å². The first-order valence-electron chi connectivity index (χ1n) is 7.01. The number of hydrogen-bond acceptors (Lipinski definition) is 8. The van der Waals surface area contributed by atoms with Crippen LogP contribution >= 0.6 is 23.5 Å². The number of fused-ring (bicyclic) bond motifs is 1.